The highest BCUT2D eigenvalue weighted by Gasteiger charge is 2.22. The summed E-state index contributed by atoms with van der Waals surface area (Å²) in [6.07, 6.45) is 1.22. The van der Waals surface area contributed by atoms with Crippen LogP contribution in [0.3, 0.4) is 0 Å². The van der Waals surface area contributed by atoms with Gasteiger partial charge in [-0.15, -0.1) is 0 Å². The summed E-state index contributed by atoms with van der Waals surface area (Å²) in [5.41, 5.74) is 5.58. The van der Waals surface area contributed by atoms with Gasteiger partial charge >= 0.3 is 0 Å². The van der Waals surface area contributed by atoms with E-state index >= 15 is 0 Å². The van der Waals surface area contributed by atoms with Gasteiger partial charge in [-0.05, 0) is 26.2 Å². The Labute approximate surface area is 76.5 Å². The first-order valence-corrected chi connectivity index (χ1v) is 4.81. The quantitative estimate of drug-likeness (QED) is 0.691. The number of hydrogen-bond donors (Lipinski definition) is 1. The molecular weight excluding hydrogens is 150 g/mol. The third-order valence-corrected chi connectivity index (χ3v) is 2.30. The van der Waals surface area contributed by atoms with E-state index in [4.69, 9.17) is 10.5 Å². The third-order valence-electron chi connectivity index (χ3n) is 2.30. The van der Waals surface area contributed by atoms with Crippen molar-refractivity contribution in [2.45, 2.75) is 52.7 Å². The first kappa shape index (κ1) is 11.9. The summed E-state index contributed by atoms with van der Waals surface area (Å²) in [5, 5.41) is 0. The lowest BCUT2D eigenvalue weighted by Gasteiger charge is -2.31. The van der Waals surface area contributed by atoms with Gasteiger partial charge in [-0.25, -0.2) is 0 Å². The summed E-state index contributed by atoms with van der Waals surface area (Å²) in [6, 6.07) is 0. The van der Waals surface area contributed by atoms with Crippen LogP contribution in [-0.2, 0) is 4.74 Å². The zero-order chi connectivity index (χ0) is 9.78. The van der Waals surface area contributed by atoms with Crippen LogP contribution in [0.1, 0.15) is 41.0 Å². The molecule has 0 aromatic carbocycles. The average Bonchev–Trinajstić information content (AvgIpc) is 2.00. The second-order valence-corrected chi connectivity index (χ2v) is 4.25. The molecule has 1 atom stereocenters. The van der Waals surface area contributed by atoms with Crippen LogP contribution in [0.2, 0.25) is 0 Å². The van der Waals surface area contributed by atoms with Crippen LogP contribution in [0.5, 0.6) is 0 Å². The highest BCUT2D eigenvalue weighted by Crippen LogP contribution is 2.19. The molecule has 0 amide bonds. The van der Waals surface area contributed by atoms with E-state index < -0.39 is 0 Å². The SMILES string of the molecule is CCC(C)(C)OC(CN)C(C)C. The van der Waals surface area contributed by atoms with Gasteiger partial charge in [-0.3, -0.25) is 0 Å². The largest absolute Gasteiger partial charge is 0.371 e. The maximum atomic E-state index is 5.87. The topological polar surface area (TPSA) is 35.2 Å². The highest BCUT2D eigenvalue weighted by atomic mass is 16.5. The fourth-order valence-electron chi connectivity index (χ4n) is 0.949. The standard InChI is InChI=1S/C10H23NO/c1-6-10(4,5)12-9(7-11)8(2)3/h8-9H,6-7,11H2,1-5H3. The number of ether oxygens (including phenoxy) is 1. The van der Waals surface area contributed by atoms with Crippen LogP contribution in [0.25, 0.3) is 0 Å². The zero-order valence-electron chi connectivity index (χ0n) is 9.05. The smallest absolute Gasteiger partial charge is 0.0727 e. The second kappa shape index (κ2) is 4.83. The molecule has 0 saturated heterocycles. The molecule has 0 aliphatic rings. The Morgan fingerprint density at radius 1 is 1.33 bits per heavy atom. The highest BCUT2D eigenvalue weighted by molar-refractivity contribution is 4.72. The van der Waals surface area contributed by atoms with E-state index in [1.165, 1.54) is 0 Å². The average molecular weight is 173 g/mol. The van der Waals surface area contributed by atoms with Crippen molar-refractivity contribution in [3.8, 4) is 0 Å². The Hall–Kier alpha value is -0.0800. The Kier molecular flexibility index (Phi) is 4.80. The van der Waals surface area contributed by atoms with Crippen molar-refractivity contribution < 1.29 is 4.74 Å². The molecule has 0 rings (SSSR count). The zero-order valence-corrected chi connectivity index (χ0v) is 9.05. The van der Waals surface area contributed by atoms with E-state index in [9.17, 15) is 0 Å². The van der Waals surface area contributed by atoms with Crippen molar-refractivity contribution in [1.82, 2.24) is 0 Å². The minimum atomic E-state index is -0.0334. The van der Waals surface area contributed by atoms with E-state index in [0.29, 0.717) is 12.5 Å². The third kappa shape index (κ3) is 4.07. The van der Waals surface area contributed by atoms with E-state index in [1.54, 1.807) is 0 Å². The van der Waals surface area contributed by atoms with Crippen LogP contribution in [-0.4, -0.2) is 18.2 Å². The molecule has 0 radical (unpaired) electrons. The van der Waals surface area contributed by atoms with E-state index in [-0.39, 0.29) is 11.7 Å². The summed E-state index contributed by atoms with van der Waals surface area (Å²) in [6.45, 7) is 11.2. The fraction of sp³-hybridized carbons (Fsp3) is 1.00. The molecule has 2 N–H and O–H groups in total. The van der Waals surface area contributed by atoms with E-state index in [0.717, 1.165) is 6.42 Å². The molecule has 0 heterocycles. The molecule has 0 spiro atoms. The molecule has 0 aliphatic carbocycles. The summed E-state index contributed by atoms with van der Waals surface area (Å²) >= 11 is 0. The van der Waals surface area contributed by atoms with Gasteiger partial charge in [0.2, 0.25) is 0 Å². The maximum Gasteiger partial charge on any atom is 0.0727 e. The molecule has 0 aromatic heterocycles. The Bertz CT molecular complexity index is 121. The van der Waals surface area contributed by atoms with Gasteiger partial charge in [0, 0.05) is 6.54 Å². The number of hydrogen-bond acceptors (Lipinski definition) is 2. The molecule has 0 saturated carbocycles. The Morgan fingerprint density at radius 3 is 2.08 bits per heavy atom. The molecular formula is C10H23NO. The van der Waals surface area contributed by atoms with Crippen molar-refractivity contribution in [2.24, 2.45) is 11.7 Å². The Balaban J connectivity index is 4.01. The maximum absolute atomic E-state index is 5.87. The minimum absolute atomic E-state index is 0.0334. The van der Waals surface area contributed by atoms with Crippen molar-refractivity contribution >= 4 is 0 Å². The van der Waals surface area contributed by atoms with Crippen molar-refractivity contribution in [2.75, 3.05) is 6.54 Å². The monoisotopic (exact) mass is 173 g/mol. The molecule has 74 valence electrons. The van der Waals surface area contributed by atoms with Crippen molar-refractivity contribution in [3.05, 3.63) is 0 Å². The molecule has 0 aliphatic heterocycles. The second-order valence-electron chi connectivity index (χ2n) is 4.25. The van der Waals surface area contributed by atoms with Gasteiger partial charge in [-0.2, -0.15) is 0 Å². The molecule has 2 heteroatoms. The van der Waals surface area contributed by atoms with E-state index in [1.807, 2.05) is 0 Å². The van der Waals surface area contributed by atoms with Crippen LogP contribution in [0, 0.1) is 5.92 Å². The Morgan fingerprint density at radius 2 is 1.83 bits per heavy atom. The van der Waals surface area contributed by atoms with Crippen molar-refractivity contribution in [1.29, 1.82) is 0 Å². The van der Waals surface area contributed by atoms with Crippen LogP contribution in [0.15, 0.2) is 0 Å². The van der Waals surface area contributed by atoms with Gasteiger partial charge in [0.25, 0.3) is 0 Å². The first-order valence-electron chi connectivity index (χ1n) is 4.81. The predicted octanol–water partition coefficient (Wildman–Crippen LogP) is 2.17. The molecule has 0 fully saturated rings. The van der Waals surface area contributed by atoms with Crippen molar-refractivity contribution in [3.63, 3.8) is 0 Å². The summed E-state index contributed by atoms with van der Waals surface area (Å²) in [7, 11) is 0. The van der Waals surface area contributed by atoms with Gasteiger partial charge in [0.05, 0.1) is 11.7 Å². The molecule has 1 unspecified atom stereocenters. The summed E-state index contributed by atoms with van der Waals surface area (Å²) < 4.78 is 5.87. The molecule has 2 nitrogen and oxygen atoms in total. The van der Waals surface area contributed by atoms with Gasteiger partial charge < -0.3 is 10.5 Å². The minimum Gasteiger partial charge on any atom is -0.371 e. The van der Waals surface area contributed by atoms with Gasteiger partial charge in [0.1, 0.15) is 0 Å². The molecule has 0 aromatic rings. The normalized spacial score (nSPS) is 15.2. The van der Waals surface area contributed by atoms with E-state index in [2.05, 4.69) is 34.6 Å². The van der Waals surface area contributed by atoms with Crippen LogP contribution >= 0.6 is 0 Å². The van der Waals surface area contributed by atoms with Crippen LogP contribution in [0.4, 0.5) is 0 Å². The number of rotatable bonds is 5. The lowest BCUT2D eigenvalue weighted by atomic mass is 10.0. The molecule has 0 bridgehead atoms. The van der Waals surface area contributed by atoms with Crippen LogP contribution < -0.4 is 5.73 Å². The first-order chi connectivity index (χ1) is 5.43. The summed E-state index contributed by atoms with van der Waals surface area (Å²) in [4.78, 5) is 0. The fourth-order valence-corrected chi connectivity index (χ4v) is 0.949. The number of nitrogens with two attached hydrogens (primary N) is 1. The van der Waals surface area contributed by atoms with Gasteiger partial charge in [0.15, 0.2) is 0 Å². The summed E-state index contributed by atoms with van der Waals surface area (Å²) in [5.74, 6) is 0.501. The van der Waals surface area contributed by atoms with Gasteiger partial charge in [-0.1, -0.05) is 20.8 Å². The lowest BCUT2D eigenvalue weighted by molar-refractivity contribution is -0.0868. The lowest BCUT2D eigenvalue weighted by Crippen LogP contribution is -2.37. The predicted molar refractivity (Wildman–Crippen MR) is 53.1 cm³/mol. The molecule has 12 heavy (non-hydrogen) atoms.